The maximum Gasteiger partial charge on any atom is 0.123 e. The summed E-state index contributed by atoms with van der Waals surface area (Å²) in [6, 6.07) is 0. The average molecular weight is 117 g/mol. The van der Waals surface area contributed by atoms with Crippen molar-refractivity contribution in [3.8, 4) is 0 Å². The molecule has 48 valence electrons. The second-order valence-electron chi connectivity index (χ2n) is 2.89. The van der Waals surface area contributed by atoms with Gasteiger partial charge in [-0.3, -0.25) is 0 Å². The first-order valence-electron chi connectivity index (χ1n) is 2.96. The van der Waals surface area contributed by atoms with Gasteiger partial charge in [-0.25, -0.2) is 4.39 Å². The summed E-state index contributed by atoms with van der Waals surface area (Å²) in [4.78, 5) is 1.90. The Morgan fingerprint density at radius 3 is 2.12 bits per heavy atom. The third kappa shape index (κ3) is 1.44. The van der Waals surface area contributed by atoms with Gasteiger partial charge in [-0.05, 0) is 26.9 Å². The molecule has 1 fully saturated rings. The van der Waals surface area contributed by atoms with Crippen LogP contribution in [0.5, 0.6) is 0 Å². The van der Waals surface area contributed by atoms with Crippen molar-refractivity contribution in [3.05, 3.63) is 0 Å². The van der Waals surface area contributed by atoms with Crippen molar-refractivity contribution in [3.63, 3.8) is 0 Å². The van der Waals surface area contributed by atoms with Gasteiger partial charge in [0.05, 0.1) is 0 Å². The van der Waals surface area contributed by atoms with E-state index in [0.29, 0.717) is 6.54 Å². The van der Waals surface area contributed by atoms with Gasteiger partial charge >= 0.3 is 0 Å². The van der Waals surface area contributed by atoms with Gasteiger partial charge in [-0.1, -0.05) is 0 Å². The maximum absolute atomic E-state index is 12.7. The Kier molecular flexibility index (Phi) is 1.27. The van der Waals surface area contributed by atoms with Crippen LogP contribution < -0.4 is 0 Å². The highest BCUT2D eigenvalue weighted by molar-refractivity contribution is 4.95. The van der Waals surface area contributed by atoms with Crippen molar-refractivity contribution >= 4 is 0 Å². The molecule has 2 heteroatoms. The summed E-state index contributed by atoms with van der Waals surface area (Å²) >= 11 is 0. The Morgan fingerprint density at radius 1 is 1.50 bits per heavy atom. The summed E-state index contributed by atoms with van der Waals surface area (Å²) in [6.45, 7) is 0.604. The number of hydrogen-bond acceptors (Lipinski definition) is 1. The van der Waals surface area contributed by atoms with E-state index >= 15 is 0 Å². The smallest absolute Gasteiger partial charge is 0.123 e. The third-order valence-electron chi connectivity index (χ3n) is 1.39. The molecule has 0 N–H and O–H groups in total. The molecule has 0 radical (unpaired) electrons. The summed E-state index contributed by atoms with van der Waals surface area (Å²) in [5.41, 5.74) is -0.802. The van der Waals surface area contributed by atoms with Crippen LogP contribution in [-0.2, 0) is 0 Å². The fourth-order valence-electron chi connectivity index (χ4n) is 0.860. The number of rotatable bonds is 2. The summed E-state index contributed by atoms with van der Waals surface area (Å²) in [5, 5.41) is 0. The SMILES string of the molecule is CN(C)CC1(F)CC1. The largest absolute Gasteiger partial charge is 0.306 e. The highest BCUT2D eigenvalue weighted by Crippen LogP contribution is 2.39. The normalized spacial score (nSPS) is 24.0. The maximum atomic E-state index is 12.7. The fourth-order valence-corrected chi connectivity index (χ4v) is 0.860. The molecule has 0 aromatic rings. The molecule has 1 rings (SSSR count). The lowest BCUT2D eigenvalue weighted by atomic mass is 10.3. The predicted molar refractivity (Wildman–Crippen MR) is 31.6 cm³/mol. The van der Waals surface area contributed by atoms with E-state index in [1.807, 2.05) is 19.0 Å². The lowest BCUT2D eigenvalue weighted by molar-refractivity contribution is 0.227. The number of halogens is 1. The molecule has 1 saturated carbocycles. The Labute approximate surface area is 49.5 Å². The quantitative estimate of drug-likeness (QED) is 0.522. The lowest BCUT2D eigenvalue weighted by Crippen LogP contribution is -2.23. The van der Waals surface area contributed by atoms with Gasteiger partial charge in [0.15, 0.2) is 0 Å². The Bertz CT molecular complexity index is 86.5. The van der Waals surface area contributed by atoms with Crippen LogP contribution in [0.25, 0.3) is 0 Å². The van der Waals surface area contributed by atoms with Crippen LogP contribution in [0.3, 0.4) is 0 Å². The fraction of sp³-hybridized carbons (Fsp3) is 1.00. The van der Waals surface area contributed by atoms with Crippen LogP contribution in [-0.4, -0.2) is 31.2 Å². The van der Waals surface area contributed by atoms with E-state index in [1.165, 1.54) is 0 Å². The minimum absolute atomic E-state index is 0.604. The van der Waals surface area contributed by atoms with Crippen LogP contribution in [0, 0.1) is 0 Å². The van der Waals surface area contributed by atoms with E-state index in [-0.39, 0.29) is 0 Å². The second-order valence-corrected chi connectivity index (χ2v) is 2.89. The van der Waals surface area contributed by atoms with Crippen LogP contribution in [0.4, 0.5) is 4.39 Å². The average Bonchev–Trinajstić information content (AvgIpc) is 2.17. The molecule has 0 amide bonds. The molecule has 0 aromatic heterocycles. The zero-order valence-electron chi connectivity index (χ0n) is 5.45. The van der Waals surface area contributed by atoms with E-state index in [2.05, 4.69) is 0 Å². The van der Waals surface area contributed by atoms with Crippen LogP contribution >= 0.6 is 0 Å². The van der Waals surface area contributed by atoms with Crippen molar-refractivity contribution in [2.45, 2.75) is 18.5 Å². The number of hydrogen-bond donors (Lipinski definition) is 0. The van der Waals surface area contributed by atoms with E-state index in [1.54, 1.807) is 0 Å². The van der Waals surface area contributed by atoms with Crippen LogP contribution in [0.1, 0.15) is 12.8 Å². The molecule has 1 aliphatic carbocycles. The van der Waals surface area contributed by atoms with Crippen molar-refractivity contribution < 1.29 is 4.39 Å². The van der Waals surface area contributed by atoms with Gasteiger partial charge < -0.3 is 4.90 Å². The first-order valence-corrected chi connectivity index (χ1v) is 2.96. The standard InChI is InChI=1S/C6H12FN/c1-8(2)5-6(7)3-4-6/h3-5H2,1-2H3. The molecule has 0 bridgehead atoms. The molecule has 0 spiro atoms. The first-order chi connectivity index (χ1) is 3.62. The number of nitrogens with zero attached hydrogens (tertiary/aromatic N) is 1. The minimum Gasteiger partial charge on any atom is -0.306 e. The van der Waals surface area contributed by atoms with Gasteiger partial charge in [0.1, 0.15) is 5.67 Å². The van der Waals surface area contributed by atoms with E-state index in [0.717, 1.165) is 12.8 Å². The van der Waals surface area contributed by atoms with E-state index < -0.39 is 5.67 Å². The van der Waals surface area contributed by atoms with Gasteiger partial charge in [-0.2, -0.15) is 0 Å². The second kappa shape index (κ2) is 1.69. The van der Waals surface area contributed by atoms with Gasteiger partial charge in [0.25, 0.3) is 0 Å². The number of alkyl halides is 1. The summed E-state index contributed by atoms with van der Waals surface area (Å²) in [5.74, 6) is 0. The molecule has 0 unspecified atom stereocenters. The minimum atomic E-state index is -0.802. The Hall–Kier alpha value is -0.110. The van der Waals surface area contributed by atoms with E-state index in [4.69, 9.17) is 0 Å². The zero-order chi connectivity index (χ0) is 6.20. The summed E-state index contributed by atoms with van der Waals surface area (Å²) < 4.78 is 12.7. The molecule has 1 aliphatic rings. The van der Waals surface area contributed by atoms with Gasteiger partial charge in [0.2, 0.25) is 0 Å². The summed E-state index contributed by atoms with van der Waals surface area (Å²) in [6.07, 6.45) is 1.54. The predicted octanol–water partition coefficient (Wildman–Crippen LogP) is 1.05. The molecule has 0 atom stereocenters. The molecule has 0 aromatic carbocycles. The highest BCUT2D eigenvalue weighted by atomic mass is 19.1. The van der Waals surface area contributed by atoms with Crippen LogP contribution in [0.2, 0.25) is 0 Å². The topological polar surface area (TPSA) is 3.24 Å². The molecule has 8 heavy (non-hydrogen) atoms. The van der Waals surface area contributed by atoms with Gasteiger partial charge in [0, 0.05) is 6.54 Å². The molecular weight excluding hydrogens is 105 g/mol. The highest BCUT2D eigenvalue weighted by Gasteiger charge is 2.43. The monoisotopic (exact) mass is 117 g/mol. The van der Waals surface area contributed by atoms with E-state index in [9.17, 15) is 4.39 Å². The van der Waals surface area contributed by atoms with Crippen LogP contribution in [0.15, 0.2) is 0 Å². The van der Waals surface area contributed by atoms with Gasteiger partial charge in [-0.15, -0.1) is 0 Å². The first kappa shape index (κ1) is 6.02. The molecule has 0 heterocycles. The van der Waals surface area contributed by atoms with Crippen molar-refractivity contribution in [1.29, 1.82) is 0 Å². The Balaban J connectivity index is 2.19. The molecule has 0 aliphatic heterocycles. The molecule has 0 saturated heterocycles. The van der Waals surface area contributed by atoms with Crippen molar-refractivity contribution in [2.75, 3.05) is 20.6 Å². The Morgan fingerprint density at radius 2 is 2.00 bits per heavy atom. The third-order valence-corrected chi connectivity index (χ3v) is 1.39. The summed E-state index contributed by atoms with van der Waals surface area (Å²) in [7, 11) is 3.80. The lowest BCUT2D eigenvalue weighted by Gasteiger charge is -2.11. The zero-order valence-corrected chi connectivity index (χ0v) is 5.45. The van der Waals surface area contributed by atoms with Crippen molar-refractivity contribution in [1.82, 2.24) is 4.90 Å². The molecule has 1 nitrogen and oxygen atoms in total. The molecular formula is C6H12FN. The van der Waals surface area contributed by atoms with Crippen molar-refractivity contribution in [2.24, 2.45) is 0 Å².